The number of aliphatic hydroxyl groups excluding tert-OH is 1. The third-order valence-corrected chi connectivity index (χ3v) is 3.23. The average molecular weight is 221 g/mol. The van der Waals surface area contributed by atoms with Crippen LogP contribution in [0.25, 0.3) is 0 Å². The average Bonchev–Trinajstić information content (AvgIpc) is 2.20. The lowest BCUT2D eigenvalue weighted by Gasteiger charge is -2.20. The molecule has 90 valence electrons. The molecular formula is C14H23NO. The maximum absolute atomic E-state index is 9.47. The Balaban J connectivity index is 3.05. The molecule has 0 saturated carbocycles. The third-order valence-electron chi connectivity index (χ3n) is 3.23. The zero-order chi connectivity index (χ0) is 12.3. The summed E-state index contributed by atoms with van der Waals surface area (Å²) < 4.78 is 0. The van der Waals surface area contributed by atoms with Crippen LogP contribution in [0.15, 0.2) is 12.1 Å². The van der Waals surface area contributed by atoms with Gasteiger partial charge in [-0.1, -0.05) is 12.1 Å². The minimum absolute atomic E-state index is 0.263. The molecular weight excluding hydrogens is 198 g/mol. The van der Waals surface area contributed by atoms with E-state index in [0.29, 0.717) is 6.54 Å². The first-order valence-electron chi connectivity index (χ1n) is 5.91. The normalized spacial score (nSPS) is 14.9. The van der Waals surface area contributed by atoms with Crippen LogP contribution in [0, 0.1) is 20.8 Å². The quantitative estimate of drug-likeness (QED) is 0.820. The van der Waals surface area contributed by atoms with E-state index in [4.69, 9.17) is 5.73 Å². The smallest absolute Gasteiger partial charge is 0.0518 e. The van der Waals surface area contributed by atoms with E-state index < -0.39 is 0 Å². The van der Waals surface area contributed by atoms with Gasteiger partial charge in [-0.25, -0.2) is 0 Å². The van der Waals surface area contributed by atoms with Gasteiger partial charge in [0.15, 0.2) is 0 Å². The summed E-state index contributed by atoms with van der Waals surface area (Å²) in [6, 6.07) is 4.42. The van der Waals surface area contributed by atoms with Crippen LogP contribution in [0.2, 0.25) is 0 Å². The Bertz CT molecular complexity index is 358. The van der Waals surface area contributed by atoms with Gasteiger partial charge >= 0.3 is 0 Å². The molecule has 0 amide bonds. The zero-order valence-corrected chi connectivity index (χ0v) is 10.7. The Kier molecular flexibility index (Phi) is 4.51. The molecule has 0 heterocycles. The molecule has 2 atom stereocenters. The second-order valence-electron chi connectivity index (χ2n) is 4.81. The molecule has 0 aliphatic heterocycles. The number of aliphatic hydroxyl groups is 1. The van der Waals surface area contributed by atoms with Crippen molar-refractivity contribution in [3.05, 3.63) is 34.4 Å². The highest BCUT2D eigenvalue weighted by Crippen LogP contribution is 2.26. The number of benzene rings is 1. The van der Waals surface area contributed by atoms with Crippen molar-refractivity contribution < 1.29 is 5.11 Å². The Morgan fingerprint density at radius 3 is 2.19 bits per heavy atom. The Labute approximate surface area is 98.5 Å². The van der Waals surface area contributed by atoms with Crippen molar-refractivity contribution in [2.45, 2.75) is 46.1 Å². The first-order valence-corrected chi connectivity index (χ1v) is 5.91. The van der Waals surface area contributed by atoms with Crippen LogP contribution in [0.3, 0.4) is 0 Å². The van der Waals surface area contributed by atoms with Crippen LogP contribution in [-0.2, 0) is 0 Å². The van der Waals surface area contributed by atoms with E-state index in [-0.39, 0.29) is 12.0 Å². The van der Waals surface area contributed by atoms with Gasteiger partial charge in [0, 0.05) is 0 Å². The van der Waals surface area contributed by atoms with Crippen molar-refractivity contribution in [1.82, 2.24) is 0 Å². The topological polar surface area (TPSA) is 46.2 Å². The summed E-state index contributed by atoms with van der Waals surface area (Å²) in [5.74, 6) is 0.263. The number of rotatable bonds is 4. The lowest BCUT2D eigenvalue weighted by Crippen LogP contribution is -2.18. The molecule has 0 aliphatic rings. The molecule has 0 fully saturated rings. The molecule has 0 aromatic heterocycles. The van der Waals surface area contributed by atoms with Crippen LogP contribution < -0.4 is 5.73 Å². The van der Waals surface area contributed by atoms with Gasteiger partial charge in [-0.15, -0.1) is 0 Å². The highest BCUT2D eigenvalue weighted by molar-refractivity contribution is 5.38. The molecule has 0 saturated heterocycles. The Morgan fingerprint density at radius 1 is 1.12 bits per heavy atom. The van der Waals surface area contributed by atoms with E-state index in [2.05, 4.69) is 32.9 Å². The first kappa shape index (κ1) is 13.2. The molecule has 0 spiro atoms. The van der Waals surface area contributed by atoms with Gasteiger partial charge in [-0.2, -0.15) is 0 Å². The van der Waals surface area contributed by atoms with Crippen molar-refractivity contribution in [2.75, 3.05) is 6.54 Å². The standard InChI is InChI=1S/C14H23NO/c1-9-5-11(3)14(6-10(9)2)13(8-15)7-12(4)16/h5-6,12-13,16H,7-8,15H2,1-4H3. The fourth-order valence-corrected chi connectivity index (χ4v) is 2.18. The lowest BCUT2D eigenvalue weighted by molar-refractivity contribution is 0.175. The van der Waals surface area contributed by atoms with Crippen molar-refractivity contribution in [2.24, 2.45) is 5.73 Å². The number of hydrogen-bond acceptors (Lipinski definition) is 2. The van der Waals surface area contributed by atoms with Gasteiger partial charge in [-0.05, 0) is 68.8 Å². The summed E-state index contributed by atoms with van der Waals surface area (Å²) in [5.41, 5.74) is 11.0. The van der Waals surface area contributed by atoms with Crippen LogP contribution in [0.5, 0.6) is 0 Å². The van der Waals surface area contributed by atoms with E-state index >= 15 is 0 Å². The minimum atomic E-state index is -0.297. The van der Waals surface area contributed by atoms with Crippen molar-refractivity contribution >= 4 is 0 Å². The Hall–Kier alpha value is -0.860. The summed E-state index contributed by atoms with van der Waals surface area (Å²) in [5, 5.41) is 9.47. The predicted molar refractivity (Wildman–Crippen MR) is 68.7 cm³/mol. The maximum atomic E-state index is 9.47. The zero-order valence-electron chi connectivity index (χ0n) is 10.7. The van der Waals surface area contributed by atoms with Crippen LogP contribution >= 0.6 is 0 Å². The summed E-state index contributed by atoms with van der Waals surface area (Å²) in [6.07, 6.45) is 0.439. The molecule has 0 bridgehead atoms. The molecule has 2 unspecified atom stereocenters. The molecule has 16 heavy (non-hydrogen) atoms. The highest BCUT2D eigenvalue weighted by Gasteiger charge is 2.15. The molecule has 1 aromatic rings. The first-order chi connectivity index (χ1) is 7.45. The summed E-state index contributed by atoms with van der Waals surface area (Å²) >= 11 is 0. The van der Waals surface area contributed by atoms with E-state index in [1.54, 1.807) is 0 Å². The van der Waals surface area contributed by atoms with E-state index in [1.165, 1.54) is 22.3 Å². The van der Waals surface area contributed by atoms with E-state index in [1.807, 2.05) is 6.92 Å². The monoisotopic (exact) mass is 221 g/mol. The second-order valence-corrected chi connectivity index (χ2v) is 4.81. The molecule has 1 aromatic carbocycles. The fourth-order valence-electron chi connectivity index (χ4n) is 2.18. The van der Waals surface area contributed by atoms with Crippen molar-refractivity contribution in [3.8, 4) is 0 Å². The number of aryl methyl sites for hydroxylation is 3. The summed E-state index contributed by atoms with van der Waals surface area (Å²) in [7, 11) is 0. The summed E-state index contributed by atoms with van der Waals surface area (Å²) in [6.45, 7) is 8.77. The fraction of sp³-hybridized carbons (Fsp3) is 0.571. The van der Waals surface area contributed by atoms with Gasteiger partial charge in [0.05, 0.1) is 6.10 Å². The van der Waals surface area contributed by atoms with Crippen molar-refractivity contribution in [3.63, 3.8) is 0 Å². The number of hydrogen-bond donors (Lipinski definition) is 2. The minimum Gasteiger partial charge on any atom is -0.393 e. The van der Waals surface area contributed by atoms with Crippen LogP contribution in [-0.4, -0.2) is 17.8 Å². The molecule has 2 nitrogen and oxygen atoms in total. The van der Waals surface area contributed by atoms with Gasteiger partial charge < -0.3 is 10.8 Å². The molecule has 2 heteroatoms. The van der Waals surface area contributed by atoms with Crippen LogP contribution in [0.4, 0.5) is 0 Å². The number of nitrogens with two attached hydrogens (primary N) is 1. The van der Waals surface area contributed by atoms with E-state index in [0.717, 1.165) is 6.42 Å². The SMILES string of the molecule is Cc1cc(C)c(C(CN)CC(C)O)cc1C. The third kappa shape index (κ3) is 3.06. The summed E-state index contributed by atoms with van der Waals surface area (Å²) in [4.78, 5) is 0. The van der Waals surface area contributed by atoms with Gasteiger partial charge in [0.25, 0.3) is 0 Å². The van der Waals surface area contributed by atoms with Gasteiger partial charge in [0.1, 0.15) is 0 Å². The van der Waals surface area contributed by atoms with Crippen LogP contribution in [0.1, 0.15) is 41.5 Å². The second kappa shape index (κ2) is 5.46. The maximum Gasteiger partial charge on any atom is 0.0518 e. The van der Waals surface area contributed by atoms with Crippen molar-refractivity contribution in [1.29, 1.82) is 0 Å². The van der Waals surface area contributed by atoms with Gasteiger partial charge in [-0.3, -0.25) is 0 Å². The van der Waals surface area contributed by atoms with Gasteiger partial charge in [0.2, 0.25) is 0 Å². The Morgan fingerprint density at radius 2 is 1.69 bits per heavy atom. The largest absolute Gasteiger partial charge is 0.393 e. The van der Waals surface area contributed by atoms with E-state index in [9.17, 15) is 5.11 Å². The molecule has 1 rings (SSSR count). The predicted octanol–water partition coefficient (Wildman–Crippen LogP) is 2.43. The molecule has 3 N–H and O–H groups in total. The lowest BCUT2D eigenvalue weighted by atomic mass is 9.88. The highest BCUT2D eigenvalue weighted by atomic mass is 16.3. The molecule has 0 radical (unpaired) electrons. The molecule has 0 aliphatic carbocycles.